The SMILES string of the molecule is COc1ccccc1Oc1cccc(Oc2ccccc2OC)c1O. The lowest BCUT2D eigenvalue weighted by molar-refractivity contribution is 0.347. The van der Waals surface area contributed by atoms with Crippen molar-refractivity contribution in [1.82, 2.24) is 0 Å². The summed E-state index contributed by atoms with van der Waals surface area (Å²) in [5.74, 6) is 2.54. The van der Waals surface area contributed by atoms with Crippen LogP contribution in [0, 0.1) is 0 Å². The fraction of sp³-hybridized carbons (Fsp3) is 0.100. The zero-order valence-corrected chi connectivity index (χ0v) is 13.9. The molecule has 128 valence electrons. The molecule has 3 aromatic rings. The predicted octanol–water partition coefficient (Wildman–Crippen LogP) is 4.99. The van der Waals surface area contributed by atoms with Crippen LogP contribution in [-0.2, 0) is 0 Å². The first-order valence-electron chi connectivity index (χ1n) is 7.66. The van der Waals surface area contributed by atoms with Crippen molar-refractivity contribution in [3.05, 3.63) is 66.7 Å². The van der Waals surface area contributed by atoms with Gasteiger partial charge in [0.15, 0.2) is 34.5 Å². The van der Waals surface area contributed by atoms with Gasteiger partial charge < -0.3 is 24.1 Å². The summed E-state index contributed by atoms with van der Waals surface area (Å²) in [7, 11) is 3.12. The number of methoxy groups -OCH3 is 2. The number of hydrogen-bond acceptors (Lipinski definition) is 5. The van der Waals surface area contributed by atoms with Gasteiger partial charge in [0, 0.05) is 0 Å². The smallest absolute Gasteiger partial charge is 0.202 e. The van der Waals surface area contributed by atoms with E-state index in [1.807, 2.05) is 24.3 Å². The maximum absolute atomic E-state index is 10.5. The third-order valence-electron chi connectivity index (χ3n) is 3.54. The van der Waals surface area contributed by atoms with Crippen LogP contribution in [0.25, 0.3) is 0 Å². The number of phenolic OH excluding ortho intramolecular Hbond substituents is 1. The van der Waals surface area contributed by atoms with Crippen molar-refractivity contribution < 1.29 is 24.1 Å². The van der Waals surface area contributed by atoms with Crippen LogP contribution >= 0.6 is 0 Å². The van der Waals surface area contributed by atoms with E-state index in [-0.39, 0.29) is 17.2 Å². The van der Waals surface area contributed by atoms with Gasteiger partial charge in [0.1, 0.15) is 0 Å². The van der Waals surface area contributed by atoms with E-state index < -0.39 is 0 Å². The molecule has 1 N–H and O–H groups in total. The van der Waals surface area contributed by atoms with Gasteiger partial charge in [0.25, 0.3) is 0 Å². The fourth-order valence-corrected chi connectivity index (χ4v) is 2.31. The summed E-state index contributed by atoms with van der Waals surface area (Å²) in [6, 6.07) is 19.4. The van der Waals surface area contributed by atoms with Crippen LogP contribution in [-0.4, -0.2) is 19.3 Å². The highest BCUT2D eigenvalue weighted by molar-refractivity contribution is 5.55. The van der Waals surface area contributed by atoms with E-state index in [9.17, 15) is 5.11 Å². The molecule has 0 bridgehead atoms. The summed E-state index contributed by atoms with van der Waals surface area (Å²) in [4.78, 5) is 0. The van der Waals surface area contributed by atoms with E-state index in [0.717, 1.165) is 0 Å². The number of para-hydroxylation sites is 5. The van der Waals surface area contributed by atoms with Gasteiger partial charge in [-0.2, -0.15) is 0 Å². The molecule has 25 heavy (non-hydrogen) atoms. The Bertz CT molecular complexity index is 792. The topological polar surface area (TPSA) is 57.2 Å². The minimum absolute atomic E-state index is 0.112. The first kappa shape index (κ1) is 16.5. The highest BCUT2D eigenvalue weighted by Crippen LogP contribution is 2.43. The Morgan fingerprint density at radius 3 is 1.28 bits per heavy atom. The number of phenols is 1. The first-order valence-corrected chi connectivity index (χ1v) is 7.66. The molecule has 0 aromatic heterocycles. The van der Waals surface area contributed by atoms with Gasteiger partial charge in [0.05, 0.1) is 14.2 Å². The monoisotopic (exact) mass is 338 g/mol. The van der Waals surface area contributed by atoms with E-state index in [0.29, 0.717) is 23.0 Å². The second-order valence-electron chi connectivity index (χ2n) is 5.11. The molecule has 0 radical (unpaired) electrons. The maximum atomic E-state index is 10.5. The molecular formula is C20H18O5. The lowest BCUT2D eigenvalue weighted by Gasteiger charge is -2.14. The van der Waals surface area contributed by atoms with E-state index in [1.165, 1.54) is 0 Å². The van der Waals surface area contributed by atoms with Crippen molar-refractivity contribution in [1.29, 1.82) is 0 Å². The number of hydrogen-bond donors (Lipinski definition) is 1. The van der Waals surface area contributed by atoms with Gasteiger partial charge in [-0.05, 0) is 36.4 Å². The van der Waals surface area contributed by atoms with Crippen LogP contribution in [0.1, 0.15) is 0 Å². The Hall–Kier alpha value is -3.34. The molecule has 0 saturated heterocycles. The predicted molar refractivity (Wildman–Crippen MR) is 94.2 cm³/mol. The van der Waals surface area contributed by atoms with E-state index >= 15 is 0 Å². The number of benzene rings is 3. The largest absolute Gasteiger partial charge is 0.502 e. The Kier molecular flexibility index (Phi) is 4.95. The molecule has 0 fully saturated rings. The summed E-state index contributed by atoms with van der Waals surface area (Å²) in [5, 5.41) is 10.5. The minimum atomic E-state index is -0.112. The Balaban J connectivity index is 1.90. The molecule has 3 rings (SSSR count). The molecule has 0 amide bonds. The van der Waals surface area contributed by atoms with Crippen LogP contribution < -0.4 is 18.9 Å². The molecule has 0 atom stereocenters. The second kappa shape index (κ2) is 7.49. The normalized spacial score (nSPS) is 10.2. The van der Waals surface area contributed by atoms with Gasteiger partial charge >= 0.3 is 0 Å². The molecule has 0 unspecified atom stereocenters. The average Bonchev–Trinajstić information content (AvgIpc) is 2.66. The van der Waals surface area contributed by atoms with Crippen LogP contribution in [0.2, 0.25) is 0 Å². The van der Waals surface area contributed by atoms with Crippen molar-refractivity contribution in [3.63, 3.8) is 0 Å². The van der Waals surface area contributed by atoms with Gasteiger partial charge in [-0.1, -0.05) is 30.3 Å². The lowest BCUT2D eigenvalue weighted by atomic mass is 10.2. The molecule has 0 spiro atoms. The summed E-state index contributed by atoms with van der Waals surface area (Å²) >= 11 is 0. The molecular weight excluding hydrogens is 320 g/mol. The van der Waals surface area contributed by atoms with Gasteiger partial charge in [0.2, 0.25) is 5.75 Å². The van der Waals surface area contributed by atoms with Crippen LogP contribution in [0.15, 0.2) is 66.7 Å². The summed E-state index contributed by atoms with van der Waals surface area (Å²) < 4.78 is 22.1. The molecule has 0 saturated carbocycles. The molecule has 0 aliphatic carbocycles. The molecule has 0 heterocycles. The summed E-state index contributed by atoms with van der Waals surface area (Å²) in [6.45, 7) is 0. The second-order valence-corrected chi connectivity index (χ2v) is 5.11. The highest BCUT2D eigenvalue weighted by atomic mass is 16.5. The van der Waals surface area contributed by atoms with Crippen molar-refractivity contribution >= 4 is 0 Å². The Morgan fingerprint density at radius 1 is 0.520 bits per heavy atom. The van der Waals surface area contributed by atoms with Crippen LogP contribution in [0.4, 0.5) is 0 Å². The third kappa shape index (κ3) is 3.61. The van der Waals surface area contributed by atoms with Crippen LogP contribution in [0.3, 0.4) is 0 Å². The zero-order valence-electron chi connectivity index (χ0n) is 13.9. The van der Waals surface area contributed by atoms with E-state index in [4.69, 9.17) is 18.9 Å². The average molecular weight is 338 g/mol. The molecule has 0 aliphatic rings. The molecule has 5 heteroatoms. The molecule has 0 aliphatic heterocycles. The van der Waals surface area contributed by atoms with Gasteiger partial charge in [-0.3, -0.25) is 0 Å². The number of rotatable bonds is 6. The summed E-state index contributed by atoms with van der Waals surface area (Å²) in [5.41, 5.74) is 0. The lowest BCUT2D eigenvalue weighted by Crippen LogP contribution is -1.93. The fourth-order valence-electron chi connectivity index (χ4n) is 2.31. The van der Waals surface area contributed by atoms with E-state index in [2.05, 4.69) is 0 Å². The highest BCUT2D eigenvalue weighted by Gasteiger charge is 2.14. The quantitative estimate of drug-likeness (QED) is 0.686. The van der Waals surface area contributed by atoms with Gasteiger partial charge in [-0.15, -0.1) is 0 Å². The Labute approximate surface area is 146 Å². The van der Waals surface area contributed by atoms with Crippen molar-refractivity contribution in [3.8, 4) is 40.2 Å². The summed E-state index contributed by atoms with van der Waals surface area (Å²) in [6.07, 6.45) is 0. The maximum Gasteiger partial charge on any atom is 0.202 e. The number of aromatic hydroxyl groups is 1. The van der Waals surface area contributed by atoms with Crippen molar-refractivity contribution in [2.45, 2.75) is 0 Å². The van der Waals surface area contributed by atoms with Crippen LogP contribution in [0.5, 0.6) is 40.2 Å². The first-order chi connectivity index (χ1) is 12.2. The zero-order chi connectivity index (χ0) is 17.6. The number of ether oxygens (including phenoxy) is 4. The van der Waals surface area contributed by atoms with Crippen molar-refractivity contribution in [2.75, 3.05) is 14.2 Å². The molecule has 3 aromatic carbocycles. The van der Waals surface area contributed by atoms with Gasteiger partial charge in [-0.25, -0.2) is 0 Å². The molecule has 5 nitrogen and oxygen atoms in total. The Morgan fingerprint density at radius 2 is 0.880 bits per heavy atom. The minimum Gasteiger partial charge on any atom is -0.502 e. The third-order valence-corrected chi connectivity index (χ3v) is 3.54. The standard InChI is InChI=1S/C20H18O5/c1-22-14-8-3-5-10-16(14)24-18-12-7-13-19(20(18)21)25-17-11-6-4-9-15(17)23-2/h3-13,21H,1-2H3. The van der Waals surface area contributed by atoms with Crippen molar-refractivity contribution in [2.24, 2.45) is 0 Å². The van der Waals surface area contributed by atoms with E-state index in [1.54, 1.807) is 56.7 Å².